The molecule has 1 aromatic carbocycles. The van der Waals surface area contributed by atoms with E-state index in [1.165, 1.54) is 0 Å². The molecule has 3 nitrogen and oxygen atoms in total. The van der Waals surface area contributed by atoms with E-state index in [4.69, 9.17) is 22.1 Å². The highest BCUT2D eigenvalue weighted by molar-refractivity contribution is 6.31. The van der Waals surface area contributed by atoms with Gasteiger partial charge in [-0.1, -0.05) is 18.0 Å². The normalized spacial score (nSPS) is 18.3. The number of rotatable bonds is 3. The fraction of sp³-hybridized carbons (Fsp3) is 0.500. The Morgan fingerprint density at radius 1 is 1.33 bits per heavy atom. The van der Waals surface area contributed by atoms with E-state index in [1.54, 1.807) is 12.1 Å². The number of halogens is 1. The molecule has 1 fully saturated rings. The smallest absolute Gasteiger partial charge is 0.261 e. The van der Waals surface area contributed by atoms with Gasteiger partial charge in [0.15, 0.2) is 5.60 Å². The number of hydrogen-bond acceptors (Lipinski definition) is 2. The molecule has 0 saturated heterocycles. The van der Waals surface area contributed by atoms with E-state index in [1.807, 2.05) is 13.0 Å². The van der Waals surface area contributed by atoms with Crippen LogP contribution in [0, 0.1) is 6.92 Å². The van der Waals surface area contributed by atoms with E-state index in [0.717, 1.165) is 24.8 Å². The Morgan fingerprint density at radius 3 is 2.56 bits per heavy atom. The van der Waals surface area contributed by atoms with Gasteiger partial charge in [-0.3, -0.25) is 4.79 Å². The molecule has 1 saturated carbocycles. The predicted octanol–water partition coefficient (Wildman–Crippen LogP) is 3.22. The molecule has 1 aliphatic carbocycles. The third kappa shape index (κ3) is 2.61. The molecule has 0 aliphatic heterocycles. The standard InChI is InChI=1S/C14H18ClNO2/c1-10-9-11(5-6-12(10)15)18-14(13(16)17)7-3-2-4-8-14/h5-6,9H,2-4,7-8H2,1H3,(H2,16,17). The van der Waals surface area contributed by atoms with Crippen molar-refractivity contribution in [1.29, 1.82) is 0 Å². The highest BCUT2D eigenvalue weighted by Crippen LogP contribution is 2.34. The second-order valence-corrected chi connectivity index (χ2v) is 5.34. The van der Waals surface area contributed by atoms with Crippen LogP contribution in [0.15, 0.2) is 18.2 Å². The Labute approximate surface area is 112 Å². The van der Waals surface area contributed by atoms with E-state index in [2.05, 4.69) is 0 Å². The number of aryl methyl sites for hydroxylation is 1. The molecule has 1 aliphatic rings. The van der Waals surface area contributed by atoms with E-state index >= 15 is 0 Å². The maximum atomic E-state index is 11.7. The zero-order valence-electron chi connectivity index (χ0n) is 10.5. The van der Waals surface area contributed by atoms with E-state index < -0.39 is 5.60 Å². The summed E-state index contributed by atoms with van der Waals surface area (Å²) in [5.41, 5.74) is 5.63. The summed E-state index contributed by atoms with van der Waals surface area (Å²) in [4.78, 5) is 11.7. The number of benzene rings is 1. The lowest BCUT2D eigenvalue weighted by Gasteiger charge is -2.34. The second-order valence-electron chi connectivity index (χ2n) is 4.93. The van der Waals surface area contributed by atoms with Gasteiger partial charge in [0, 0.05) is 5.02 Å². The third-order valence-electron chi connectivity index (χ3n) is 3.55. The van der Waals surface area contributed by atoms with E-state index in [9.17, 15) is 4.79 Å². The first-order valence-corrected chi connectivity index (χ1v) is 6.66. The van der Waals surface area contributed by atoms with Crippen molar-refractivity contribution < 1.29 is 9.53 Å². The SMILES string of the molecule is Cc1cc(OC2(C(N)=O)CCCCC2)ccc1Cl. The summed E-state index contributed by atoms with van der Waals surface area (Å²) < 4.78 is 5.91. The Bertz CT molecular complexity index is 453. The maximum Gasteiger partial charge on any atom is 0.261 e. The predicted molar refractivity (Wildman–Crippen MR) is 71.8 cm³/mol. The molecule has 2 rings (SSSR count). The highest BCUT2D eigenvalue weighted by atomic mass is 35.5. The molecular formula is C14H18ClNO2. The molecular weight excluding hydrogens is 250 g/mol. The van der Waals surface area contributed by atoms with Crippen molar-refractivity contribution in [2.75, 3.05) is 0 Å². The monoisotopic (exact) mass is 267 g/mol. The first-order chi connectivity index (χ1) is 8.53. The van der Waals surface area contributed by atoms with Gasteiger partial charge in [-0.15, -0.1) is 0 Å². The number of nitrogens with two attached hydrogens (primary N) is 1. The number of hydrogen-bond donors (Lipinski definition) is 1. The summed E-state index contributed by atoms with van der Waals surface area (Å²) in [6, 6.07) is 5.42. The Kier molecular flexibility index (Phi) is 3.81. The van der Waals surface area contributed by atoms with Crippen LogP contribution >= 0.6 is 11.6 Å². The van der Waals surface area contributed by atoms with Crippen LogP contribution in [-0.2, 0) is 4.79 Å². The lowest BCUT2D eigenvalue weighted by atomic mass is 9.84. The molecule has 98 valence electrons. The molecule has 0 unspecified atom stereocenters. The molecule has 0 bridgehead atoms. The van der Waals surface area contributed by atoms with Crippen molar-refractivity contribution >= 4 is 17.5 Å². The summed E-state index contributed by atoms with van der Waals surface area (Å²) >= 11 is 5.97. The van der Waals surface area contributed by atoms with E-state index in [0.29, 0.717) is 23.6 Å². The van der Waals surface area contributed by atoms with Crippen molar-refractivity contribution in [1.82, 2.24) is 0 Å². The molecule has 0 aromatic heterocycles. The molecule has 4 heteroatoms. The first kappa shape index (κ1) is 13.2. The number of carbonyl (C=O) groups excluding carboxylic acids is 1. The quantitative estimate of drug-likeness (QED) is 0.914. The Balaban J connectivity index is 2.23. The van der Waals surface area contributed by atoms with Gasteiger partial charge in [-0.2, -0.15) is 0 Å². The average Bonchev–Trinajstić information content (AvgIpc) is 2.35. The van der Waals surface area contributed by atoms with Crippen LogP contribution in [0.5, 0.6) is 5.75 Å². The Hall–Kier alpha value is -1.22. The molecule has 1 amide bonds. The van der Waals surface area contributed by atoms with E-state index in [-0.39, 0.29) is 5.91 Å². The minimum Gasteiger partial charge on any atom is -0.477 e. The molecule has 1 aromatic rings. The van der Waals surface area contributed by atoms with Crippen LogP contribution < -0.4 is 10.5 Å². The summed E-state index contributed by atoms with van der Waals surface area (Å²) in [6.07, 6.45) is 4.50. The van der Waals surface area contributed by atoms with Gasteiger partial charge in [0.2, 0.25) is 0 Å². The van der Waals surface area contributed by atoms with Crippen LogP contribution in [0.25, 0.3) is 0 Å². The molecule has 0 spiro atoms. The van der Waals surface area contributed by atoms with Crippen molar-refractivity contribution in [2.45, 2.75) is 44.6 Å². The molecule has 2 N–H and O–H groups in total. The number of ether oxygens (including phenoxy) is 1. The molecule has 0 atom stereocenters. The van der Waals surface area contributed by atoms with Gasteiger partial charge in [-0.25, -0.2) is 0 Å². The van der Waals surface area contributed by atoms with Gasteiger partial charge in [0.05, 0.1) is 0 Å². The van der Waals surface area contributed by atoms with Crippen molar-refractivity contribution in [2.24, 2.45) is 5.73 Å². The van der Waals surface area contributed by atoms with Crippen LogP contribution in [0.1, 0.15) is 37.7 Å². The largest absolute Gasteiger partial charge is 0.477 e. The van der Waals surface area contributed by atoms with Crippen molar-refractivity contribution in [3.05, 3.63) is 28.8 Å². The average molecular weight is 268 g/mol. The fourth-order valence-electron chi connectivity index (χ4n) is 2.43. The zero-order chi connectivity index (χ0) is 13.2. The summed E-state index contributed by atoms with van der Waals surface area (Å²) in [7, 11) is 0. The third-order valence-corrected chi connectivity index (χ3v) is 3.98. The molecule has 18 heavy (non-hydrogen) atoms. The van der Waals surface area contributed by atoms with Gasteiger partial charge in [0.1, 0.15) is 5.75 Å². The van der Waals surface area contributed by atoms with Gasteiger partial charge in [-0.05, 0) is 56.4 Å². The minimum absolute atomic E-state index is 0.366. The lowest BCUT2D eigenvalue weighted by Crippen LogP contribution is -2.50. The summed E-state index contributed by atoms with van der Waals surface area (Å²) in [5, 5.41) is 0.694. The number of amides is 1. The van der Waals surface area contributed by atoms with Crippen LogP contribution in [0.3, 0.4) is 0 Å². The lowest BCUT2D eigenvalue weighted by molar-refractivity contribution is -0.136. The van der Waals surface area contributed by atoms with Gasteiger partial charge < -0.3 is 10.5 Å². The second kappa shape index (κ2) is 5.19. The molecule has 0 radical (unpaired) electrons. The minimum atomic E-state index is -0.835. The topological polar surface area (TPSA) is 52.3 Å². The first-order valence-electron chi connectivity index (χ1n) is 6.29. The number of primary amides is 1. The van der Waals surface area contributed by atoms with Crippen LogP contribution in [-0.4, -0.2) is 11.5 Å². The fourth-order valence-corrected chi connectivity index (χ4v) is 2.55. The maximum absolute atomic E-state index is 11.7. The summed E-state index contributed by atoms with van der Waals surface area (Å²) in [6.45, 7) is 1.91. The summed E-state index contributed by atoms with van der Waals surface area (Å²) in [5.74, 6) is 0.299. The van der Waals surface area contributed by atoms with Crippen molar-refractivity contribution in [3.8, 4) is 5.75 Å². The van der Waals surface area contributed by atoms with Crippen LogP contribution in [0.4, 0.5) is 0 Å². The zero-order valence-corrected chi connectivity index (χ0v) is 11.3. The molecule has 0 heterocycles. The number of carbonyl (C=O) groups is 1. The van der Waals surface area contributed by atoms with Crippen molar-refractivity contribution in [3.63, 3.8) is 0 Å². The Morgan fingerprint density at radius 2 is 2.00 bits per heavy atom. The highest BCUT2D eigenvalue weighted by Gasteiger charge is 2.40. The van der Waals surface area contributed by atoms with Gasteiger partial charge in [0.25, 0.3) is 5.91 Å². The van der Waals surface area contributed by atoms with Gasteiger partial charge >= 0.3 is 0 Å². The van der Waals surface area contributed by atoms with Crippen LogP contribution in [0.2, 0.25) is 5.02 Å².